The van der Waals surface area contributed by atoms with Crippen molar-refractivity contribution in [1.29, 1.82) is 0 Å². The van der Waals surface area contributed by atoms with Gasteiger partial charge in [-0.25, -0.2) is 0 Å². The summed E-state index contributed by atoms with van der Waals surface area (Å²) < 4.78 is 16.2. The van der Waals surface area contributed by atoms with E-state index in [2.05, 4.69) is 11.4 Å². The van der Waals surface area contributed by atoms with E-state index in [4.69, 9.17) is 14.2 Å². The molecule has 1 aliphatic rings. The quantitative estimate of drug-likeness (QED) is 0.833. The summed E-state index contributed by atoms with van der Waals surface area (Å²) in [7, 11) is 5.33. The molecular formula is C14H21NO3. The minimum absolute atomic E-state index is 0.0840. The Morgan fingerprint density at radius 2 is 2.06 bits per heavy atom. The number of ether oxygens (including phenoxy) is 3. The molecule has 4 nitrogen and oxygen atoms in total. The highest BCUT2D eigenvalue weighted by Gasteiger charge is 2.41. The van der Waals surface area contributed by atoms with Gasteiger partial charge in [0, 0.05) is 17.0 Å². The third-order valence-corrected chi connectivity index (χ3v) is 3.59. The molecular weight excluding hydrogens is 230 g/mol. The topological polar surface area (TPSA) is 39.7 Å². The van der Waals surface area contributed by atoms with Crippen LogP contribution in [0, 0.1) is 0 Å². The van der Waals surface area contributed by atoms with Gasteiger partial charge in [-0.2, -0.15) is 0 Å². The van der Waals surface area contributed by atoms with Crippen molar-refractivity contribution < 1.29 is 14.2 Å². The molecule has 1 aromatic rings. The van der Waals surface area contributed by atoms with E-state index >= 15 is 0 Å². The molecule has 0 amide bonds. The number of rotatable bonds is 6. The van der Waals surface area contributed by atoms with Gasteiger partial charge in [-0.3, -0.25) is 0 Å². The van der Waals surface area contributed by atoms with Crippen LogP contribution < -0.4 is 14.8 Å². The fourth-order valence-electron chi connectivity index (χ4n) is 2.38. The second-order valence-corrected chi connectivity index (χ2v) is 4.69. The molecule has 0 radical (unpaired) electrons. The first-order valence-corrected chi connectivity index (χ1v) is 6.20. The number of methoxy groups -OCH3 is 2. The molecule has 1 aliphatic heterocycles. The minimum Gasteiger partial charge on any atom is -0.497 e. The lowest BCUT2D eigenvalue weighted by molar-refractivity contribution is -0.0647. The van der Waals surface area contributed by atoms with Crippen molar-refractivity contribution >= 4 is 0 Å². The molecule has 1 aromatic carbocycles. The molecule has 0 spiro atoms. The van der Waals surface area contributed by atoms with E-state index in [1.165, 1.54) is 5.56 Å². The van der Waals surface area contributed by atoms with Crippen LogP contribution in [-0.2, 0) is 10.2 Å². The summed E-state index contributed by atoms with van der Waals surface area (Å²) in [6, 6.07) is 6.02. The Labute approximate surface area is 108 Å². The van der Waals surface area contributed by atoms with Gasteiger partial charge in [0.1, 0.15) is 11.5 Å². The first-order valence-electron chi connectivity index (χ1n) is 6.20. The molecule has 0 saturated carbocycles. The van der Waals surface area contributed by atoms with Gasteiger partial charge < -0.3 is 19.5 Å². The normalized spacial score (nSPS) is 17.1. The van der Waals surface area contributed by atoms with E-state index in [1.54, 1.807) is 14.2 Å². The van der Waals surface area contributed by atoms with Crippen LogP contribution in [0.3, 0.4) is 0 Å². The third-order valence-electron chi connectivity index (χ3n) is 3.59. The van der Waals surface area contributed by atoms with Crippen molar-refractivity contribution in [3.63, 3.8) is 0 Å². The van der Waals surface area contributed by atoms with E-state index in [1.807, 2.05) is 19.2 Å². The Balaban J connectivity index is 2.30. The summed E-state index contributed by atoms with van der Waals surface area (Å²) >= 11 is 0. The largest absolute Gasteiger partial charge is 0.497 e. The molecule has 0 atom stereocenters. The maximum atomic E-state index is 5.49. The van der Waals surface area contributed by atoms with Crippen molar-refractivity contribution in [2.45, 2.75) is 11.8 Å². The van der Waals surface area contributed by atoms with Crippen molar-refractivity contribution in [1.82, 2.24) is 5.32 Å². The van der Waals surface area contributed by atoms with Gasteiger partial charge in [-0.05, 0) is 26.1 Å². The zero-order valence-electron chi connectivity index (χ0n) is 11.3. The molecule has 2 rings (SSSR count). The predicted molar refractivity (Wildman–Crippen MR) is 70.6 cm³/mol. The summed E-state index contributed by atoms with van der Waals surface area (Å²) in [5.74, 6) is 1.70. The summed E-state index contributed by atoms with van der Waals surface area (Å²) in [6.07, 6.45) is 1.05. The Hall–Kier alpha value is -1.26. The van der Waals surface area contributed by atoms with Gasteiger partial charge in [-0.15, -0.1) is 0 Å². The predicted octanol–water partition coefficient (Wildman–Crippen LogP) is 1.58. The van der Waals surface area contributed by atoms with E-state index in [0.29, 0.717) is 0 Å². The molecule has 0 bridgehead atoms. The lowest BCUT2D eigenvalue weighted by Gasteiger charge is -2.42. The maximum Gasteiger partial charge on any atom is 0.126 e. The van der Waals surface area contributed by atoms with Gasteiger partial charge in [0.25, 0.3) is 0 Å². The minimum atomic E-state index is 0.0840. The van der Waals surface area contributed by atoms with Crippen LogP contribution in [0.25, 0.3) is 0 Å². The highest BCUT2D eigenvalue weighted by molar-refractivity contribution is 5.46. The fraction of sp³-hybridized carbons (Fsp3) is 0.571. The molecule has 1 heterocycles. The zero-order valence-corrected chi connectivity index (χ0v) is 11.3. The smallest absolute Gasteiger partial charge is 0.126 e. The van der Waals surface area contributed by atoms with Crippen molar-refractivity contribution in [3.05, 3.63) is 23.8 Å². The highest BCUT2D eigenvalue weighted by Crippen LogP contribution is 2.41. The van der Waals surface area contributed by atoms with Crippen LogP contribution in [0.1, 0.15) is 12.0 Å². The Morgan fingerprint density at radius 1 is 1.28 bits per heavy atom. The SMILES string of the molecule is CNCCC1(c2ccc(OC)cc2OC)COC1. The number of benzene rings is 1. The lowest BCUT2D eigenvalue weighted by Crippen LogP contribution is -2.48. The average molecular weight is 251 g/mol. The first kappa shape index (κ1) is 13.2. The third kappa shape index (κ3) is 2.31. The van der Waals surface area contributed by atoms with E-state index in [9.17, 15) is 0 Å². The van der Waals surface area contributed by atoms with Crippen molar-refractivity contribution in [3.8, 4) is 11.5 Å². The van der Waals surface area contributed by atoms with Crippen LogP contribution in [0.4, 0.5) is 0 Å². The second-order valence-electron chi connectivity index (χ2n) is 4.69. The molecule has 18 heavy (non-hydrogen) atoms. The van der Waals surface area contributed by atoms with Crippen molar-refractivity contribution in [2.24, 2.45) is 0 Å². The Kier molecular flexibility index (Phi) is 4.09. The average Bonchev–Trinajstić information content (AvgIpc) is 2.37. The van der Waals surface area contributed by atoms with Crippen LogP contribution in [-0.4, -0.2) is 41.0 Å². The molecule has 1 N–H and O–H groups in total. The monoisotopic (exact) mass is 251 g/mol. The number of nitrogens with one attached hydrogen (secondary N) is 1. The van der Waals surface area contributed by atoms with E-state index in [0.717, 1.165) is 37.7 Å². The standard InChI is InChI=1S/C14H21NO3/c1-15-7-6-14(9-18-10-14)12-5-4-11(16-2)8-13(12)17-3/h4-5,8,15H,6-7,9-10H2,1-3H3. The number of hydrogen-bond donors (Lipinski definition) is 1. The van der Waals surface area contributed by atoms with Crippen LogP contribution in [0.2, 0.25) is 0 Å². The fourth-order valence-corrected chi connectivity index (χ4v) is 2.38. The van der Waals surface area contributed by atoms with Gasteiger partial charge in [0.2, 0.25) is 0 Å². The summed E-state index contributed by atoms with van der Waals surface area (Å²) in [6.45, 7) is 2.49. The zero-order chi connectivity index (χ0) is 13.0. The van der Waals surface area contributed by atoms with E-state index in [-0.39, 0.29) is 5.41 Å². The molecule has 100 valence electrons. The van der Waals surface area contributed by atoms with Gasteiger partial charge in [-0.1, -0.05) is 6.07 Å². The molecule has 0 aliphatic carbocycles. The van der Waals surface area contributed by atoms with E-state index < -0.39 is 0 Å². The summed E-state index contributed by atoms with van der Waals surface area (Å²) in [4.78, 5) is 0. The molecule has 0 unspecified atom stereocenters. The van der Waals surface area contributed by atoms with Crippen LogP contribution in [0.5, 0.6) is 11.5 Å². The maximum absolute atomic E-state index is 5.49. The molecule has 0 aromatic heterocycles. The highest BCUT2D eigenvalue weighted by atomic mass is 16.5. The van der Waals surface area contributed by atoms with Crippen molar-refractivity contribution in [2.75, 3.05) is 41.0 Å². The van der Waals surface area contributed by atoms with Gasteiger partial charge in [0.15, 0.2) is 0 Å². The Morgan fingerprint density at radius 3 is 2.56 bits per heavy atom. The lowest BCUT2D eigenvalue weighted by atomic mass is 9.75. The summed E-state index contributed by atoms with van der Waals surface area (Å²) in [5, 5.41) is 3.20. The molecule has 1 fully saturated rings. The molecule has 4 heteroatoms. The van der Waals surface area contributed by atoms with Crippen LogP contribution >= 0.6 is 0 Å². The summed E-state index contributed by atoms with van der Waals surface area (Å²) in [5.41, 5.74) is 1.30. The second kappa shape index (κ2) is 5.59. The first-order chi connectivity index (χ1) is 8.75. The Bertz CT molecular complexity index is 402. The number of hydrogen-bond acceptors (Lipinski definition) is 4. The van der Waals surface area contributed by atoms with Crippen LogP contribution in [0.15, 0.2) is 18.2 Å². The van der Waals surface area contributed by atoms with Gasteiger partial charge in [0.05, 0.1) is 27.4 Å². The van der Waals surface area contributed by atoms with Gasteiger partial charge >= 0.3 is 0 Å². The molecule has 1 saturated heterocycles.